The number of rotatable bonds is 7. The van der Waals surface area contributed by atoms with Crippen molar-refractivity contribution in [2.75, 3.05) is 19.0 Å². The van der Waals surface area contributed by atoms with E-state index < -0.39 is 0 Å². The van der Waals surface area contributed by atoms with Crippen LogP contribution < -0.4 is 14.8 Å². The molecule has 24 heavy (non-hydrogen) atoms. The summed E-state index contributed by atoms with van der Waals surface area (Å²) in [6, 6.07) is 13.2. The van der Waals surface area contributed by atoms with Crippen molar-refractivity contribution in [3.63, 3.8) is 0 Å². The van der Waals surface area contributed by atoms with Gasteiger partial charge in [-0.1, -0.05) is 13.0 Å². The highest BCUT2D eigenvalue weighted by atomic mass is 127. The lowest BCUT2D eigenvalue weighted by atomic mass is 10.2. The van der Waals surface area contributed by atoms with Gasteiger partial charge in [0.25, 0.3) is 0 Å². The third-order valence-electron chi connectivity index (χ3n) is 3.19. The van der Waals surface area contributed by atoms with E-state index in [1.165, 1.54) is 6.08 Å². The lowest BCUT2D eigenvalue weighted by Gasteiger charge is -2.10. The fourth-order valence-corrected chi connectivity index (χ4v) is 2.37. The first-order valence-electron chi connectivity index (χ1n) is 7.68. The van der Waals surface area contributed by atoms with Crippen molar-refractivity contribution < 1.29 is 14.3 Å². The summed E-state index contributed by atoms with van der Waals surface area (Å²) >= 11 is 2.22. The van der Waals surface area contributed by atoms with E-state index in [2.05, 4.69) is 34.8 Å². The van der Waals surface area contributed by atoms with Crippen molar-refractivity contribution in [1.29, 1.82) is 0 Å². The summed E-state index contributed by atoms with van der Waals surface area (Å²) in [5, 5.41) is 2.82. The molecule has 2 aromatic carbocycles. The van der Waals surface area contributed by atoms with Gasteiger partial charge in [-0.2, -0.15) is 0 Å². The van der Waals surface area contributed by atoms with Gasteiger partial charge in [0.2, 0.25) is 5.91 Å². The Bertz CT molecular complexity index is 711. The summed E-state index contributed by atoms with van der Waals surface area (Å²) in [6.45, 7) is 2.69. The van der Waals surface area contributed by atoms with E-state index in [0.717, 1.165) is 21.2 Å². The fraction of sp³-hybridized carbons (Fsp3) is 0.211. The maximum Gasteiger partial charge on any atom is 0.248 e. The highest BCUT2D eigenvalue weighted by Crippen LogP contribution is 2.28. The second-order valence-electron chi connectivity index (χ2n) is 5.09. The van der Waals surface area contributed by atoms with Crippen LogP contribution in [0, 0.1) is 3.57 Å². The van der Waals surface area contributed by atoms with Crippen LogP contribution in [0.5, 0.6) is 11.5 Å². The predicted molar refractivity (Wildman–Crippen MR) is 106 cm³/mol. The molecule has 0 aromatic heterocycles. The molecule has 0 spiro atoms. The fourth-order valence-electron chi connectivity index (χ4n) is 2.01. The lowest BCUT2D eigenvalue weighted by molar-refractivity contribution is -0.111. The SMILES string of the molecule is CCCOc1ccc(C=CC(=O)Nc2ccc(I)cc2)cc1OC. The average Bonchev–Trinajstić information content (AvgIpc) is 2.60. The summed E-state index contributed by atoms with van der Waals surface area (Å²) in [7, 11) is 1.60. The standard InChI is InChI=1S/C19H20INO3/c1-3-12-24-17-10-4-14(13-18(17)23-2)5-11-19(22)21-16-8-6-15(20)7-9-16/h4-11,13H,3,12H2,1-2H3,(H,21,22). The topological polar surface area (TPSA) is 47.6 Å². The van der Waals surface area contributed by atoms with Crippen molar-refractivity contribution in [3.8, 4) is 11.5 Å². The Morgan fingerprint density at radius 1 is 1.17 bits per heavy atom. The van der Waals surface area contributed by atoms with Crippen LogP contribution in [0.3, 0.4) is 0 Å². The van der Waals surface area contributed by atoms with E-state index in [-0.39, 0.29) is 5.91 Å². The summed E-state index contributed by atoms with van der Waals surface area (Å²) < 4.78 is 12.1. The van der Waals surface area contributed by atoms with Crippen LogP contribution in [0.1, 0.15) is 18.9 Å². The van der Waals surface area contributed by atoms with Gasteiger partial charge in [0.1, 0.15) is 0 Å². The molecule has 0 saturated heterocycles. The Morgan fingerprint density at radius 2 is 1.92 bits per heavy atom. The Morgan fingerprint density at radius 3 is 2.58 bits per heavy atom. The van der Waals surface area contributed by atoms with Gasteiger partial charge in [0, 0.05) is 15.3 Å². The number of carbonyl (C=O) groups excluding carboxylic acids is 1. The molecule has 2 rings (SSSR count). The van der Waals surface area contributed by atoms with Gasteiger partial charge in [0.05, 0.1) is 13.7 Å². The van der Waals surface area contributed by atoms with Crippen LogP contribution in [0.15, 0.2) is 48.5 Å². The van der Waals surface area contributed by atoms with Crippen LogP contribution in [0.2, 0.25) is 0 Å². The van der Waals surface area contributed by atoms with Crippen LogP contribution >= 0.6 is 22.6 Å². The molecule has 0 fully saturated rings. The van der Waals surface area contributed by atoms with Gasteiger partial charge < -0.3 is 14.8 Å². The monoisotopic (exact) mass is 437 g/mol. The molecule has 0 radical (unpaired) electrons. The smallest absolute Gasteiger partial charge is 0.248 e. The predicted octanol–water partition coefficient (Wildman–Crippen LogP) is 4.74. The van der Waals surface area contributed by atoms with Gasteiger partial charge in [-0.3, -0.25) is 4.79 Å². The number of amides is 1. The molecule has 2 aromatic rings. The minimum absolute atomic E-state index is 0.179. The quantitative estimate of drug-likeness (QED) is 0.503. The maximum absolute atomic E-state index is 12.0. The third kappa shape index (κ3) is 5.56. The van der Waals surface area contributed by atoms with Gasteiger partial charge in [-0.05, 0) is 77.0 Å². The maximum atomic E-state index is 12.0. The number of hydrogen-bond acceptors (Lipinski definition) is 3. The van der Waals surface area contributed by atoms with E-state index in [0.29, 0.717) is 18.1 Å². The number of carbonyl (C=O) groups is 1. The lowest BCUT2D eigenvalue weighted by Crippen LogP contribution is -2.07. The second kappa shape index (κ2) is 9.32. The van der Waals surface area contributed by atoms with Gasteiger partial charge in [-0.15, -0.1) is 0 Å². The molecule has 0 aliphatic heterocycles. The number of hydrogen-bond donors (Lipinski definition) is 1. The van der Waals surface area contributed by atoms with Crippen LogP contribution in [-0.4, -0.2) is 19.6 Å². The molecular weight excluding hydrogens is 417 g/mol. The molecular formula is C19H20INO3. The summed E-state index contributed by atoms with van der Waals surface area (Å²) in [5.74, 6) is 1.19. The second-order valence-corrected chi connectivity index (χ2v) is 6.33. The molecule has 0 saturated carbocycles. The van der Waals surface area contributed by atoms with Crippen LogP contribution in [0.25, 0.3) is 6.08 Å². The van der Waals surface area contributed by atoms with E-state index in [9.17, 15) is 4.79 Å². The van der Waals surface area contributed by atoms with Crippen LogP contribution in [-0.2, 0) is 4.79 Å². The first-order valence-corrected chi connectivity index (χ1v) is 8.75. The number of ether oxygens (including phenoxy) is 2. The molecule has 0 aliphatic carbocycles. The molecule has 4 nitrogen and oxygen atoms in total. The first kappa shape index (κ1) is 18.3. The summed E-state index contributed by atoms with van der Waals surface area (Å²) in [6.07, 6.45) is 4.18. The van der Waals surface area contributed by atoms with E-state index >= 15 is 0 Å². The van der Waals surface area contributed by atoms with Gasteiger partial charge in [0.15, 0.2) is 11.5 Å². The Kier molecular flexibility index (Phi) is 7.11. The van der Waals surface area contributed by atoms with E-state index in [1.807, 2.05) is 42.5 Å². The Balaban J connectivity index is 2.02. The highest BCUT2D eigenvalue weighted by Gasteiger charge is 2.05. The first-order chi connectivity index (χ1) is 11.6. The van der Waals surface area contributed by atoms with Crippen molar-refractivity contribution in [3.05, 3.63) is 57.7 Å². The zero-order valence-corrected chi connectivity index (χ0v) is 15.9. The van der Waals surface area contributed by atoms with Crippen LogP contribution in [0.4, 0.5) is 5.69 Å². The molecule has 0 unspecified atom stereocenters. The number of nitrogens with one attached hydrogen (secondary N) is 1. The number of benzene rings is 2. The van der Waals surface area contributed by atoms with E-state index in [4.69, 9.17) is 9.47 Å². The molecule has 0 atom stereocenters. The van der Waals surface area contributed by atoms with Crippen molar-refractivity contribution in [1.82, 2.24) is 0 Å². The molecule has 0 bridgehead atoms. The van der Waals surface area contributed by atoms with Crippen molar-refractivity contribution >= 4 is 40.3 Å². The average molecular weight is 437 g/mol. The number of anilines is 1. The number of methoxy groups -OCH3 is 1. The molecule has 5 heteroatoms. The molecule has 0 heterocycles. The Labute approximate surface area is 156 Å². The van der Waals surface area contributed by atoms with Crippen molar-refractivity contribution in [2.45, 2.75) is 13.3 Å². The third-order valence-corrected chi connectivity index (χ3v) is 3.91. The largest absolute Gasteiger partial charge is 0.493 e. The van der Waals surface area contributed by atoms with E-state index in [1.54, 1.807) is 13.2 Å². The molecule has 0 aliphatic rings. The molecule has 126 valence electrons. The van der Waals surface area contributed by atoms with Gasteiger partial charge in [-0.25, -0.2) is 0 Å². The molecule has 1 N–H and O–H groups in total. The zero-order valence-electron chi connectivity index (χ0n) is 13.7. The molecule has 1 amide bonds. The Hall–Kier alpha value is -2.02. The highest BCUT2D eigenvalue weighted by molar-refractivity contribution is 14.1. The zero-order chi connectivity index (χ0) is 17.4. The minimum atomic E-state index is -0.179. The minimum Gasteiger partial charge on any atom is -0.493 e. The summed E-state index contributed by atoms with van der Waals surface area (Å²) in [5.41, 5.74) is 1.64. The normalized spacial score (nSPS) is 10.6. The number of halogens is 1. The summed E-state index contributed by atoms with van der Waals surface area (Å²) in [4.78, 5) is 12.0. The van der Waals surface area contributed by atoms with Crippen molar-refractivity contribution in [2.24, 2.45) is 0 Å². The van der Waals surface area contributed by atoms with Gasteiger partial charge >= 0.3 is 0 Å².